The van der Waals surface area contributed by atoms with Gasteiger partial charge in [-0.15, -0.1) is 11.3 Å². The largest absolute Gasteiger partial charge is 0.333 e. The van der Waals surface area contributed by atoms with Crippen molar-refractivity contribution in [2.24, 2.45) is 7.05 Å². The minimum Gasteiger partial charge on any atom is -0.333 e. The molecule has 1 amide bonds. The minimum atomic E-state index is -0.219. The van der Waals surface area contributed by atoms with Crippen LogP contribution in [0.4, 0.5) is 5.13 Å². The molecule has 0 unspecified atom stereocenters. The minimum absolute atomic E-state index is 0.219. The lowest BCUT2D eigenvalue weighted by Gasteiger charge is -1.99. The normalized spacial score (nSPS) is 11.0. The van der Waals surface area contributed by atoms with E-state index in [4.69, 9.17) is 11.6 Å². The molecule has 3 aromatic heterocycles. The van der Waals surface area contributed by atoms with Crippen molar-refractivity contribution >= 4 is 45.3 Å². The highest BCUT2D eigenvalue weighted by molar-refractivity contribution is 7.19. The average molecular weight is 430 g/mol. The zero-order chi connectivity index (χ0) is 19.8. The van der Waals surface area contributed by atoms with Gasteiger partial charge in [0.25, 0.3) is 5.91 Å². The summed E-state index contributed by atoms with van der Waals surface area (Å²) in [4.78, 5) is 27.7. The second kappa shape index (κ2) is 7.46. The molecule has 0 radical (unpaired) electrons. The molecule has 0 aliphatic carbocycles. The smallest absolute Gasteiger partial charge is 0.269 e. The topological polar surface area (TPSA) is 72.7 Å². The van der Waals surface area contributed by atoms with Crippen LogP contribution >= 0.6 is 34.3 Å². The molecule has 28 heavy (non-hydrogen) atoms. The first-order valence-electron chi connectivity index (χ1n) is 8.42. The lowest BCUT2D eigenvalue weighted by atomic mass is 10.2. The molecular formula is C19H16ClN5OS2. The summed E-state index contributed by atoms with van der Waals surface area (Å²) in [6.07, 6.45) is 3.62. The number of amides is 1. The maximum absolute atomic E-state index is 12.8. The molecule has 0 aliphatic heterocycles. The highest BCUT2D eigenvalue weighted by Gasteiger charge is 2.19. The molecule has 0 saturated heterocycles. The van der Waals surface area contributed by atoms with Crippen molar-refractivity contribution in [3.8, 4) is 21.3 Å². The van der Waals surface area contributed by atoms with Crippen LogP contribution < -0.4 is 5.32 Å². The molecule has 0 spiro atoms. The van der Waals surface area contributed by atoms with Crippen molar-refractivity contribution in [1.82, 2.24) is 19.5 Å². The van der Waals surface area contributed by atoms with Gasteiger partial charge in [0.2, 0.25) is 0 Å². The Labute approximate surface area is 174 Å². The summed E-state index contributed by atoms with van der Waals surface area (Å²) >= 11 is 8.81. The van der Waals surface area contributed by atoms with Gasteiger partial charge in [-0.05, 0) is 26.0 Å². The molecule has 0 fully saturated rings. The van der Waals surface area contributed by atoms with E-state index in [1.165, 1.54) is 22.7 Å². The summed E-state index contributed by atoms with van der Waals surface area (Å²) in [7, 11) is 1.93. The van der Waals surface area contributed by atoms with Crippen molar-refractivity contribution in [3.63, 3.8) is 0 Å². The fraction of sp³-hybridized carbons (Fsp3) is 0.158. The second-order valence-corrected chi connectivity index (χ2v) is 8.63. The van der Waals surface area contributed by atoms with E-state index in [9.17, 15) is 4.79 Å². The van der Waals surface area contributed by atoms with Crippen LogP contribution in [0.15, 0.2) is 36.7 Å². The number of benzene rings is 1. The molecule has 0 atom stereocenters. The number of rotatable bonds is 4. The lowest BCUT2D eigenvalue weighted by molar-refractivity contribution is 0.103. The van der Waals surface area contributed by atoms with E-state index in [2.05, 4.69) is 20.3 Å². The number of imidazole rings is 1. The van der Waals surface area contributed by atoms with Gasteiger partial charge < -0.3 is 4.57 Å². The second-order valence-electron chi connectivity index (χ2n) is 6.19. The van der Waals surface area contributed by atoms with Crippen molar-refractivity contribution in [1.29, 1.82) is 0 Å². The Kier molecular flexibility index (Phi) is 5.01. The van der Waals surface area contributed by atoms with Crippen LogP contribution in [0.2, 0.25) is 5.02 Å². The number of thiazole rings is 2. The number of carbonyl (C=O) groups is 1. The Morgan fingerprint density at radius 2 is 2.00 bits per heavy atom. The molecule has 4 rings (SSSR count). The highest BCUT2D eigenvalue weighted by Crippen LogP contribution is 2.33. The summed E-state index contributed by atoms with van der Waals surface area (Å²) in [5, 5.41) is 4.83. The number of hydrogen-bond donors (Lipinski definition) is 1. The number of aromatic nitrogens is 4. The first-order chi connectivity index (χ1) is 13.4. The van der Waals surface area contributed by atoms with E-state index in [0.29, 0.717) is 20.7 Å². The highest BCUT2D eigenvalue weighted by atomic mass is 35.5. The Morgan fingerprint density at radius 1 is 1.18 bits per heavy atom. The fourth-order valence-electron chi connectivity index (χ4n) is 2.75. The first-order valence-corrected chi connectivity index (χ1v) is 10.4. The van der Waals surface area contributed by atoms with Gasteiger partial charge in [-0.25, -0.2) is 15.0 Å². The van der Waals surface area contributed by atoms with E-state index in [1.807, 2.05) is 55.9 Å². The molecular weight excluding hydrogens is 414 g/mol. The van der Waals surface area contributed by atoms with Crippen LogP contribution in [-0.2, 0) is 7.05 Å². The number of carbonyl (C=O) groups excluding carboxylic acids is 1. The molecule has 3 heterocycles. The van der Waals surface area contributed by atoms with Gasteiger partial charge in [-0.3, -0.25) is 10.1 Å². The third kappa shape index (κ3) is 3.58. The number of nitrogens with zero attached hydrogens (tertiary/aromatic N) is 4. The number of anilines is 1. The number of halogens is 1. The van der Waals surface area contributed by atoms with Crippen LogP contribution in [0.25, 0.3) is 21.3 Å². The van der Waals surface area contributed by atoms with Crippen molar-refractivity contribution < 1.29 is 4.79 Å². The van der Waals surface area contributed by atoms with Gasteiger partial charge in [-0.2, -0.15) is 0 Å². The standard InChI is InChI=1S/C19H16ClN5OS2/c1-10-14(16-21-7-8-25(16)3)28-19(23-10)24-17(26)15-11(2)22-18(27-15)12-5-4-6-13(20)9-12/h4-9H,1-3H3,(H,23,24,26). The SMILES string of the molecule is Cc1nc(-c2cccc(Cl)c2)sc1C(=O)Nc1nc(C)c(-c2nccn2C)s1. The van der Waals surface area contributed by atoms with E-state index in [-0.39, 0.29) is 5.91 Å². The van der Waals surface area contributed by atoms with Crippen molar-refractivity contribution in [2.75, 3.05) is 5.32 Å². The van der Waals surface area contributed by atoms with Crippen LogP contribution in [-0.4, -0.2) is 25.4 Å². The third-order valence-corrected chi connectivity index (χ3v) is 6.62. The molecule has 1 N–H and O–H groups in total. The van der Waals surface area contributed by atoms with Crippen molar-refractivity contribution in [3.05, 3.63) is 57.9 Å². The zero-order valence-electron chi connectivity index (χ0n) is 15.4. The molecule has 1 aromatic carbocycles. The lowest BCUT2D eigenvalue weighted by Crippen LogP contribution is -2.11. The maximum Gasteiger partial charge on any atom is 0.269 e. The quantitative estimate of drug-likeness (QED) is 0.484. The number of hydrogen-bond acceptors (Lipinski definition) is 6. The predicted molar refractivity (Wildman–Crippen MR) is 114 cm³/mol. The van der Waals surface area contributed by atoms with E-state index in [0.717, 1.165) is 27.0 Å². The van der Waals surface area contributed by atoms with E-state index >= 15 is 0 Å². The Balaban J connectivity index is 1.59. The molecule has 4 aromatic rings. The first kappa shape index (κ1) is 18.8. The van der Waals surface area contributed by atoms with Gasteiger partial charge in [0, 0.05) is 30.0 Å². The van der Waals surface area contributed by atoms with Crippen LogP contribution in [0, 0.1) is 13.8 Å². The molecule has 142 valence electrons. The monoisotopic (exact) mass is 429 g/mol. The van der Waals surface area contributed by atoms with Crippen LogP contribution in [0.1, 0.15) is 21.1 Å². The van der Waals surface area contributed by atoms with Crippen molar-refractivity contribution in [2.45, 2.75) is 13.8 Å². The summed E-state index contributed by atoms with van der Waals surface area (Å²) in [5.41, 5.74) is 2.40. The summed E-state index contributed by atoms with van der Waals surface area (Å²) in [6.45, 7) is 3.73. The molecule has 0 saturated carbocycles. The van der Waals surface area contributed by atoms with Crippen LogP contribution in [0.3, 0.4) is 0 Å². The van der Waals surface area contributed by atoms with E-state index < -0.39 is 0 Å². The fourth-order valence-corrected chi connectivity index (χ4v) is 4.90. The molecule has 0 aliphatic rings. The van der Waals surface area contributed by atoms with Crippen LogP contribution in [0.5, 0.6) is 0 Å². The third-order valence-electron chi connectivity index (χ3n) is 4.12. The zero-order valence-corrected chi connectivity index (χ0v) is 17.7. The van der Waals surface area contributed by atoms with Gasteiger partial charge in [0.1, 0.15) is 9.88 Å². The summed E-state index contributed by atoms with van der Waals surface area (Å²) in [6, 6.07) is 7.44. The number of nitrogens with one attached hydrogen (secondary N) is 1. The van der Waals surface area contributed by atoms with Gasteiger partial charge in [0.05, 0.1) is 16.3 Å². The molecule has 6 nitrogen and oxygen atoms in total. The van der Waals surface area contributed by atoms with Gasteiger partial charge >= 0.3 is 0 Å². The Hall–Kier alpha value is -2.55. The predicted octanol–water partition coefficient (Wildman–Crippen LogP) is 5.19. The Morgan fingerprint density at radius 3 is 2.71 bits per heavy atom. The van der Waals surface area contributed by atoms with E-state index in [1.54, 1.807) is 6.20 Å². The summed E-state index contributed by atoms with van der Waals surface area (Å²) < 4.78 is 1.93. The summed E-state index contributed by atoms with van der Waals surface area (Å²) in [5.74, 6) is 0.608. The van der Waals surface area contributed by atoms with Gasteiger partial charge in [-0.1, -0.05) is 35.1 Å². The maximum atomic E-state index is 12.8. The molecule has 0 bridgehead atoms. The average Bonchev–Trinajstić information content (AvgIpc) is 3.33. The Bertz CT molecular complexity index is 1180. The molecule has 9 heteroatoms. The van der Waals surface area contributed by atoms with Gasteiger partial charge in [0.15, 0.2) is 11.0 Å². The number of aryl methyl sites for hydroxylation is 3.